The summed E-state index contributed by atoms with van der Waals surface area (Å²) < 4.78 is 22.2. The van der Waals surface area contributed by atoms with Gasteiger partial charge in [0.2, 0.25) is 0 Å². The third-order valence-corrected chi connectivity index (χ3v) is 3.82. The lowest BCUT2D eigenvalue weighted by Crippen LogP contribution is -2.61. The van der Waals surface area contributed by atoms with Gasteiger partial charge in [0, 0.05) is 17.6 Å². The minimum Gasteiger partial charge on any atom is -0.387 e. The smallest absolute Gasteiger partial charge is 0.184 e. The molecule has 0 aliphatic carbocycles. The van der Waals surface area contributed by atoms with E-state index in [0.717, 1.165) is 5.56 Å². The average molecular weight is 307 g/mol. The van der Waals surface area contributed by atoms with E-state index in [9.17, 15) is 5.11 Å². The second-order valence-electron chi connectivity index (χ2n) is 5.14. The van der Waals surface area contributed by atoms with Gasteiger partial charge in [-0.25, -0.2) is 0 Å². The van der Waals surface area contributed by atoms with Crippen molar-refractivity contribution >= 4 is 0 Å². The Bertz CT molecular complexity index is 551. The van der Waals surface area contributed by atoms with Gasteiger partial charge in [0.05, 0.1) is 12.6 Å². The molecule has 1 aromatic rings. The molecule has 0 saturated carbocycles. The lowest BCUT2D eigenvalue weighted by molar-refractivity contribution is -0.337. The van der Waals surface area contributed by atoms with Crippen LogP contribution < -0.4 is 0 Å². The summed E-state index contributed by atoms with van der Waals surface area (Å²) in [5.74, 6) is 0. The van der Waals surface area contributed by atoms with Crippen LogP contribution in [0.15, 0.2) is 35.4 Å². The van der Waals surface area contributed by atoms with Crippen molar-refractivity contribution in [1.82, 2.24) is 0 Å². The highest BCUT2D eigenvalue weighted by molar-refractivity contribution is 5.16. The largest absolute Gasteiger partial charge is 0.387 e. The van der Waals surface area contributed by atoms with E-state index in [1.54, 1.807) is 0 Å². The van der Waals surface area contributed by atoms with Crippen LogP contribution in [0.1, 0.15) is 11.9 Å². The fraction of sp³-hybridized carbons (Fsp3) is 0.571. The quantitative estimate of drug-likeness (QED) is 0.517. The zero-order chi connectivity index (χ0) is 15.5. The van der Waals surface area contributed by atoms with Crippen LogP contribution in [0.3, 0.4) is 0 Å². The van der Waals surface area contributed by atoms with Gasteiger partial charge in [0.1, 0.15) is 18.3 Å². The van der Waals surface area contributed by atoms with Crippen LogP contribution in [0.25, 0.3) is 10.4 Å². The summed E-state index contributed by atoms with van der Waals surface area (Å²) in [6.07, 6.45) is -3.64. The van der Waals surface area contributed by atoms with Crippen molar-refractivity contribution in [3.05, 3.63) is 46.3 Å². The van der Waals surface area contributed by atoms with Gasteiger partial charge in [-0.05, 0) is 5.53 Å². The van der Waals surface area contributed by atoms with Crippen molar-refractivity contribution in [3.63, 3.8) is 0 Å². The maximum absolute atomic E-state index is 10.2. The van der Waals surface area contributed by atoms with Crippen LogP contribution >= 0.6 is 0 Å². The number of azide groups is 1. The number of ether oxygens (including phenoxy) is 4. The van der Waals surface area contributed by atoms with E-state index >= 15 is 0 Å². The first kappa shape index (κ1) is 15.2. The molecule has 22 heavy (non-hydrogen) atoms. The standard InChI is InChI=1S/C14H17N3O5/c1-19-14-11(18)10(16-17-15)12-9(21-14)7-20-13(22-12)8-5-3-2-4-6-8/h2-6,9-14,18H,7H2,1H3/t9?,10?,11?,12-,13?,14+/m1/s1. The normalized spacial score (nSPS) is 37.9. The molecule has 0 radical (unpaired) electrons. The third kappa shape index (κ3) is 2.80. The predicted molar refractivity (Wildman–Crippen MR) is 74.6 cm³/mol. The Hall–Kier alpha value is -1.67. The minimum atomic E-state index is -1.10. The van der Waals surface area contributed by atoms with Gasteiger partial charge < -0.3 is 24.1 Å². The molecule has 2 heterocycles. The zero-order valence-corrected chi connectivity index (χ0v) is 12.0. The number of rotatable bonds is 3. The van der Waals surface area contributed by atoms with E-state index in [2.05, 4.69) is 10.0 Å². The summed E-state index contributed by atoms with van der Waals surface area (Å²) in [6.45, 7) is 0.258. The number of fused-ring (bicyclic) bond motifs is 1. The maximum atomic E-state index is 10.2. The molecular formula is C14H17N3O5. The van der Waals surface area contributed by atoms with E-state index in [-0.39, 0.29) is 6.61 Å². The molecule has 1 aromatic carbocycles. The first-order chi connectivity index (χ1) is 10.7. The summed E-state index contributed by atoms with van der Waals surface area (Å²) in [4.78, 5) is 2.80. The molecule has 2 saturated heterocycles. The van der Waals surface area contributed by atoms with Gasteiger partial charge in [-0.2, -0.15) is 0 Å². The van der Waals surface area contributed by atoms with Crippen molar-refractivity contribution in [2.24, 2.45) is 5.11 Å². The Morgan fingerprint density at radius 3 is 2.77 bits per heavy atom. The maximum Gasteiger partial charge on any atom is 0.184 e. The number of methoxy groups -OCH3 is 1. The third-order valence-electron chi connectivity index (χ3n) is 3.82. The summed E-state index contributed by atoms with van der Waals surface area (Å²) in [5.41, 5.74) is 9.60. The highest BCUT2D eigenvalue weighted by atomic mass is 16.7. The summed E-state index contributed by atoms with van der Waals surface area (Å²) >= 11 is 0. The van der Waals surface area contributed by atoms with Gasteiger partial charge in [0.15, 0.2) is 12.6 Å². The van der Waals surface area contributed by atoms with Crippen molar-refractivity contribution in [3.8, 4) is 0 Å². The van der Waals surface area contributed by atoms with E-state index in [1.165, 1.54) is 7.11 Å². The molecule has 1 N–H and O–H groups in total. The number of nitrogens with zero attached hydrogens (tertiary/aromatic N) is 3. The molecule has 0 amide bonds. The lowest BCUT2D eigenvalue weighted by atomic mass is 9.96. The van der Waals surface area contributed by atoms with Gasteiger partial charge in [-0.15, -0.1) is 0 Å². The molecule has 6 atom stereocenters. The van der Waals surface area contributed by atoms with Crippen molar-refractivity contribution < 1.29 is 24.1 Å². The molecule has 0 spiro atoms. The molecule has 8 nitrogen and oxygen atoms in total. The SMILES string of the molecule is CO[C@H]1OC2COC(c3ccccc3)O[C@H]2C(N=[N+]=[N-])C1O. The molecule has 3 rings (SSSR count). The van der Waals surface area contributed by atoms with Gasteiger partial charge >= 0.3 is 0 Å². The lowest BCUT2D eigenvalue weighted by Gasteiger charge is -2.46. The molecule has 0 aromatic heterocycles. The second kappa shape index (κ2) is 6.62. The average Bonchev–Trinajstić information content (AvgIpc) is 2.57. The predicted octanol–water partition coefficient (Wildman–Crippen LogP) is 1.51. The zero-order valence-electron chi connectivity index (χ0n) is 12.0. The Balaban J connectivity index is 1.82. The monoisotopic (exact) mass is 307 g/mol. The molecule has 2 aliphatic heterocycles. The second-order valence-corrected chi connectivity index (χ2v) is 5.14. The Labute approximate surface area is 127 Å². The highest BCUT2D eigenvalue weighted by Crippen LogP contribution is 2.35. The molecule has 118 valence electrons. The van der Waals surface area contributed by atoms with Crippen LogP contribution in [0.4, 0.5) is 0 Å². The molecule has 2 aliphatic rings. The van der Waals surface area contributed by atoms with E-state index in [4.69, 9.17) is 24.5 Å². The van der Waals surface area contributed by atoms with Crippen LogP contribution in [0, 0.1) is 0 Å². The van der Waals surface area contributed by atoms with Crippen LogP contribution in [-0.4, -0.2) is 49.5 Å². The Morgan fingerprint density at radius 2 is 2.09 bits per heavy atom. The number of hydrogen-bond acceptors (Lipinski definition) is 6. The van der Waals surface area contributed by atoms with E-state index in [0.29, 0.717) is 0 Å². The molecule has 8 heteroatoms. The van der Waals surface area contributed by atoms with Crippen molar-refractivity contribution in [2.45, 2.75) is 36.9 Å². The van der Waals surface area contributed by atoms with Crippen molar-refractivity contribution in [1.29, 1.82) is 0 Å². The van der Waals surface area contributed by atoms with E-state index < -0.39 is 36.9 Å². The number of hydrogen-bond donors (Lipinski definition) is 1. The number of aliphatic hydroxyl groups is 1. The summed E-state index contributed by atoms with van der Waals surface area (Å²) in [7, 11) is 1.42. The number of benzene rings is 1. The van der Waals surface area contributed by atoms with Crippen LogP contribution in [0.5, 0.6) is 0 Å². The fourth-order valence-corrected chi connectivity index (χ4v) is 2.75. The first-order valence-electron chi connectivity index (χ1n) is 6.97. The van der Waals surface area contributed by atoms with Gasteiger partial charge in [0.25, 0.3) is 0 Å². The van der Waals surface area contributed by atoms with E-state index in [1.807, 2.05) is 30.3 Å². The fourth-order valence-electron chi connectivity index (χ4n) is 2.75. The van der Waals surface area contributed by atoms with Gasteiger partial charge in [-0.1, -0.05) is 35.4 Å². The molecule has 0 bridgehead atoms. The Morgan fingerprint density at radius 1 is 1.32 bits per heavy atom. The first-order valence-corrected chi connectivity index (χ1v) is 6.97. The van der Waals surface area contributed by atoms with Crippen molar-refractivity contribution in [2.75, 3.05) is 13.7 Å². The Kier molecular flexibility index (Phi) is 4.58. The molecule has 2 fully saturated rings. The summed E-state index contributed by atoms with van der Waals surface area (Å²) in [5, 5.41) is 13.9. The summed E-state index contributed by atoms with van der Waals surface area (Å²) in [6, 6.07) is 8.62. The topological polar surface area (TPSA) is 106 Å². The highest BCUT2D eigenvalue weighted by Gasteiger charge is 2.49. The molecule has 4 unspecified atom stereocenters. The van der Waals surface area contributed by atoms with Crippen LogP contribution in [0.2, 0.25) is 0 Å². The molecular weight excluding hydrogens is 290 g/mol. The minimum absolute atomic E-state index is 0.258. The van der Waals surface area contributed by atoms with Crippen LogP contribution in [-0.2, 0) is 18.9 Å². The van der Waals surface area contributed by atoms with Gasteiger partial charge in [-0.3, -0.25) is 0 Å². The number of aliphatic hydroxyl groups excluding tert-OH is 1.